The van der Waals surface area contributed by atoms with Gasteiger partial charge in [0.2, 0.25) is 0 Å². The van der Waals surface area contributed by atoms with Gasteiger partial charge in [-0.25, -0.2) is 0 Å². The van der Waals surface area contributed by atoms with Crippen molar-refractivity contribution in [3.8, 4) is 11.1 Å². The molecule has 0 amide bonds. The fraction of sp³-hybridized carbons (Fsp3) is 0.118. The van der Waals surface area contributed by atoms with Gasteiger partial charge in [0.05, 0.1) is 5.69 Å². The summed E-state index contributed by atoms with van der Waals surface area (Å²) in [6.07, 6.45) is 1.61. The zero-order chi connectivity index (χ0) is 17.9. The van der Waals surface area contributed by atoms with Crippen molar-refractivity contribution >= 4 is 45.5 Å². The molecule has 2 N–H and O–H groups in total. The highest BCUT2D eigenvalue weighted by atomic mass is 35.5. The maximum atomic E-state index is 6.32. The molecule has 0 bridgehead atoms. The second-order valence-corrected chi connectivity index (χ2v) is 6.27. The third kappa shape index (κ3) is 3.96. The highest BCUT2D eigenvalue weighted by molar-refractivity contribution is 6.68. The predicted molar refractivity (Wildman–Crippen MR) is 102 cm³/mol. The molecule has 0 aliphatic heterocycles. The Morgan fingerprint density at radius 3 is 2.42 bits per heavy atom. The minimum Gasteiger partial charge on any atom is -0.322 e. The molecule has 0 aliphatic rings. The van der Waals surface area contributed by atoms with Crippen molar-refractivity contribution in [2.45, 2.75) is 13.8 Å². The van der Waals surface area contributed by atoms with E-state index >= 15 is 0 Å². The molecule has 1 heterocycles. The van der Waals surface area contributed by atoms with Crippen LogP contribution in [0.4, 0.5) is 0 Å². The summed E-state index contributed by atoms with van der Waals surface area (Å²) in [5.74, 6) is 5.17. The normalized spacial score (nSPS) is 12.4. The number of hydrogen-bond donors (Lipinski definition) is 1. The maximum Gasteiger partial charge on any atom is 0.160 e. The average Bonchev–Trinajstić information content (AvgIpc) is 2.56. The Morgan fingerprint density at radius 1 is 1.21 bits per heavy atom. The third-order valence-electron chi connectivity index (χ3n) is 3.48. The molecular weight excluding hydrogens is 367 g/mol. The molecule has 0 radical (unpaired) electrons. The van der Waals surface area contributed by atoms with Gasteiger partial charge in [-0.1, -0.05) is 53.5 Å². The van der Waals surface area contributed by atoms with Crippen LogP contribution in [-0.2, 0) is 0 Å². The summed E-state index contributed by atoms with van der Waals surface area (Å²) in [7, 11) is 0. The molecule has 0 atom stereocenters. The smallest absolute Gasteiger partial charge is 0.160 e. The zero-order valence-corrected chi connectivity index (χ0v) is 15.4. The minimum absolute atomic E-state index is 0.163. The van der Waals surface area contributed by atoms with Crippen LogP contribution in [0.5, 0.6) is 0 Å². The number of rotatable bonds is 4. The van der Waals surface area contributed by atoms with E-state index in [1.54, 1.807) is 18.2 Å². The Hall–Kier alpha value is -1.88. The summed E-state index contributed by atoms with van der Waals surface area (Å²) < 4.78 is 0. The van der Waals surface area contributed by atoms with Gasteiger partial charge in [0, 0.05) is 16.1 Å². The number of aryl methyl sites for hydroxylation is 1. The van der Waals surface area contributed by atoms with Crippen molar-refractivity contribution in [1.82, 2.24) is 10.2 Å². The molecule has 0 spiro atoms. The lowest BCUT2D eigenvalue weighted by atomic mass is 9.92. The van der Waals surface area contributed by atoms with Gasteiger partial charge in [-0.15, -0.1) is 5.10 Å². The van der Waals surface area contributed by atoms with E-state index in [9.17, 15) is 0 Å². The van der Waals surface area contributed by atoms with E-state index in [1.165, 1.54) is 0 Å². The Kier molecular flexibility index (Phi) is 5.99. The molecule has 24 heavy (non-hydrogen) atoms. The number of nitrogens with two attached hydrogens (primary N) is 1. The van der Waals surface area contributed by atoms with Crippen molar-refractivity contribution in [1.29, 1.82) is 0 Å². The molecule has 2 rings (SSSR count). The van der Waals surface area contributed by atoms with E-state index < -0.39 is 0 Å². The quantitative estimate of drug-likeness (QED) is 0.341. The van der Waals surface area contributed by atoms with Crippen molar-refractivity contribution < 1.29 is 0 Å². The van der Waals surface area contributed by atoms with E-state index in [0.29, 0.717) is 16.2 Å². The topological polar surface area (TPSA) is 64.2 Å². The summed E-state index contributed by atoms with van der Waals surface area (Å²) in [6, 6.07) is 7.40. The molecule has 1 aromatic heterocycles. The number of hydrogen-bond acceptors (Lipinski definition) is 4. The second-order valence-electron chi connectivity index (χ2n) is 5.09. The molecule has 7 heteroatoms. The summed E-state index contributed by atoms with van der Waals surface area (Å²) in [4.78, 5) is 0. The first-order chi connectivity index (χ1) is 11.3. The fourth-order valence-electron chi connectivity index (χ4n) is 2.25. The van der Waals surface area contributed by atoms with Gasteiger partial charge in [0.25, 0.3) is 0 Å². The van der Waals surface area contributed by atoms with Crippen LogP contribution < -0.4 is 5.84 Å². The SMILES string of the molecule is C=C(/C(C)=C\C(Cl)=N/N)c1c(Cl)nnc(C)c1-c1ccc(Cl)cc1. The number of allylic oxidation sites excluding steroid dienone is 3. The number of benzene rings is 1. The van der Waals surface area contributed by atoms with Crippen LogP contribution in [0.25, 0.3) is 16.7 Å². The monoisotopic (exact) mass is 380 g/mol. The number of hydrazone groups is 1. The molecule has 0 aliphatic carbocycles. The van der Waals surface area contributed by atoms with Gasteiger partial charge >= 0.3 is 0 Å². The molecule has 0 fully saturated rings. The standard InChI is InChI=1S/C17H15Cl3N4/c1-9(8-14(19)22-21)10(2)15-16(11(3)23-24-17(15)20)12-4-6-13(18)7-5-12/h4-8H,2,21H2,1,3H3/b9-8-,22-14+. The Balaban J connectivity index is 2.66. The molecule has 0 saturated heterocycles. The van der Waals surface area contributed by atoms with Crippen LogP contribution in [0.15, 0.2) is 47.6 Å². The largest absolute Gasteiger partial charge is 0.322 e. The number of nitrogens with zero attached hydrogens (tertiary/aromatic N) is 3. The molecular formula is C17H15Cl3N4. The summed E-state index contributed by atoms with van der Waals surface area (Å²) >= 11 is 18.2. The number of halogens is 3. The summed E-state index contributed by atoms with van der Waals surface area (Å²) in [6.45, 7) is 7.82. The van der Waals surface area contributed by atoms with Gasteiger partial charge < -0.3 is 5.84 Å². The fourth-order valence-corrected chi connectivity index (χ4v) is 2.78. The van der Waals surface area contributed by atoms with Crippen molar-refractivity contribution in [3.05, 3.63) is 63.9 Å². The first-order valence-corrected chi connectivity index (χ1v) is 8.08. The second kappa shape index (κ2) is 7.79. The lowest BCUT2D eigenvalue weighted by Crippen LogP contribution is -2.01. The third-order valence-corrected chi connectivity index (χ3v) is 4.20. The van der Waals surface area contributed by atoms with E-state index in [4.69, 9.17) is 40.6 Å². The van der Waals surface area contributed by atoms with Gasteiger partial charge in [0.1, 0.15) is 5.17 Å². The highest BCUT2D eigenvalue weighted by Gasteiger charge is 2.18. The van der Waals surface area contributed by atoms with Crippen molar-refractivity contribution in [2.24, 2.45) is 10.9 Å². The van der Waals surface area contributed by atoms with Gasteiger partial charge in [-0.05, 0) is 48.8 Å². The first-order valence-electron chi connectivity index (χ1n) is 6.95. The molecule has 0 saturated carbocycles. The van der Waals surface area contributed by atoms with Crippen LogP contribution in [-0.4, -0.2) is 15.4 Å². The lowest BCUT2D eigenvalue weighted by molar-refractivity contribution is 0.979. The van der Waals surface area contributed by atoms with Crippen LogP contribution in [0, 0.1) is 6.92 Å². The lowest BCUT2D eigenvalue weighted by Gasteiger charge is -2.16. The van der Waals surface area contributed by atoms with Crippen molar-refractivity contribution in [3.63, 3.8) is 0 Å². The Morgan fingerprint density at radius 2 is 1.83 bits per heavy atom. The average molecular weight is 382 g/mol. The van der Waals surface area contributed by atoms with Crippen LogP contribution >= 0.6 is 34.8 Å². The van der Waals surface area contributed by atoms with E-state index in [2.05, 4.69) is 21.9 Å². The molecule has 124 valence electrons. The maximum absolute atomic E-state index is 6.32. The van der Waals surface area contributed by atoms with E-state index in [-0.39, 0.29) is 10.3 Å². The molecule has 1 aromatic carbocycles. The Labute approximate surface area is 155 Å². The van der Waals surface area contributed by atoms with Gasteiger partial charge in [-0.3, -0.25) is 0 Å². The summed E-state index contributed by atoms with van der Waals surface area (Å²) in [5, 5.41) is 12.6. The highest BCUT2D eigenvalue weighted by Crippen LogP contribution is 2.37. The van der Waals surface area contributed by atoms with E-state index in [0.717, 1.165) is 22.4 Å². The van der Waals surface area contributed by atoms with Crippen molar-refractivity contribution in [2.75, 3.05) is 0 Å². The van der Waals surface area contributed by atoms with Gasteiger partial charge in [0.15, 0.2) is 5.15 Å². The predicted octanol–water partition coefficient (Wildman–Crippen LogP) is 5.23. The molecule has 2 aromatic rings. The zero-order valence-electron chi connectivity index (χ0n) is 13.1. The van der Waals surface area contributed by atoms with Crippen LogP contribution in [0.3, 0.4) is 0 Å². The van der Waals surface area contributed by atoms with Crippen LogP contribution in [0.2, 0.25) is 10.2 Å². The van der Waals surface area contributed by atoms with E-state index in [1.807, 2.05) is 26.0 Å². The summed E-state index contributed by atoms with van der Waals surface area (Å²) in [5.41, 5.74) is 4.58. The first kappa shape index (κ1) is 18.5. The molecule has 0 unspecified atom stereocenters. The number of aromatic nitrogens is 2. The molecule has 4 nitrogen and oxygen atoms in total. The minimum atomic E-state index is 0.163. The van der Waals surface area contributed by atoms with Crippen LogP contribution in [0.1, 0.15) is 18.2 Å². The van der Waals surface area contributed by atoms with Gasteiger partial charge in [-0.2, -0.15) is 10.2 Å². The Bertz CT molecular complexity index is 840.